The van der Waals surface area contributed by atoms with Gasteiger partial charge in [0.1, 0.15) is 17.3 Å². The predicted octanol–water partition coefficient (Wildman–Crippen LogP) is 3.67. The molecule has 2 N–H and O–H groups in total. The molecular weight excluding hydrogens is 282 g/mol. The third-order valence-electron chi connectivity index (χ3n) is 3.03. The highest BCUT2D eigenvalue weighted by atomic mass is 32.1. The van der Waals surface area contributed by atoms with Gasteiger partial charge in [0.05, 0.1) is 12.2 Å². The van der Waals surface area contributed by atoms with Crippen LogP contribution in [-0.4, -0.2) is 23.8 Å². The Balaban J connectivity index is 2.18. The van der Waals surface area contributed by atoms with Gasteiger partial charge in [-0.1, -0.05) is 36.5 Å². The molecule has 0 heterocycles. The minimum atomic E-state index is -0.152. The van der Waals surface area contributed by atoms with Gasteiger partial charge in [0.25, 0.3) is 0 Å². The lowest BCUT2D eigenvalue weighted by Gasteiger charge is -2.20. The number of ether oxygens (including phenoxy) is 2. The van der Waals surface area contributed by atoms with Crippen molar-refractivity contribution in [1.29, 1.82) is 0 Å². The van der Waals surface area contributed by atoms with Crippen LogP contribution in [0, 0.1) is 0 Å². The van der Waals surface area contributed by atoms with E-state index < -0.39 is 0 Å². The average molecular weight is 303 g/mol. The van der Waals surface area contributed by atoms with Gasteiger partial charge < -0.3 is 15.2 Å². The van der Waals surface area contributed by atoms with Gasteiger partial charge in [0.2, 0.25) is 0 Å². The molecule has 2 aromatic rings. The summed E-state index contributed by atoms with van der Waals surface area (Å²) in [7, 11) is 0. The van der Waals surface area contributed by atoms with Crippen molar-refractivity contribution in [2.45, 2.75) is 26.4 Å². The minimum absolute atomic E-state index is 0.152. The van der Waals surface area contributed by atoms with E-state index in [4.69, 9.17) is 27.4 Å². The van der Waals surface area contributed by atoms with Crippen LogP contribution in [0.25, 0.3) is 10.8 Å². The number of nitrogens with two attached hydrogens (primary N) is 1. The number of rotatable bonds is 5. The Hall–Kier alpha value is -1.65. The largest absolute Gasteiger partial charge is 0.491 e. The zero-order valence-corrected chi connectivity index (χ0v) is 13.5. The van der Waals surface area contributed by atoms with Crippen molar-refractivity contribution >= 4 is 28.0 Å². The van der Waals surface area contributed by atoms with E-state index in [-0.39, 0.29) is 5.60 Å². The fourth-order valence-electron chi connectivity index (χ4n) is 2.11. The fourth-order valence-corrected chi connectivity index (χ4v) is 2.29. The Morgan fingerprint density at radius 1 is 1.05 bits per heavy atom. The molecule has 0 aromatic heterocycles. The number of hydrogen-bond donors (Lipinski definition) is 1. The van der Waals surface area contributed by atoms with Crippen molar-refractivity contribution in [1.82, 2.24) is 0 Å². The van der Waals surface area contributed by atoms with E-state index in [0.29, 0.717) is 18.2 Å². The van der Waals surface area contributed by atoms with Crippen LogP contribution < -0.4 is 10.5 Å². The monoisotopic (exact) mass is 303 g/mol. The molecule has 0 fully saturated rings. The van der Waals surface area contributed by atoms with Crippen LogP contribution in [-0.2, 0) is 4.74 Å². The highest BCUT2D eigenvalue weighted by molar-refractivity contribution is 7.80. The molecule has 0 aliphatic heterocycles. The van der Waals surface area contributed by atoms with E-state index in [1.807, 2.05) is 57.2 Å². The first-order chi connectivity index (χ1) is 9.88. The maximum absolute atomic E-state index is 5.84. The molecule has 2 rings (SSSR count). The first-order valence-electron chi connectivity index (χ1n) is 6.97. The highest BCUT2D eigenvalue weighted by Gasteiger charge is 2.11. The lowest BCUT2D eigenvalue weighted by Crippen LogP contribution is -2.22. The summed E-state index contributed by atoms with van der Waals surface area (Å²) in [6, 6.07) is 11.8. The fraction of sp³-hybridized carbons (Fsp3) is 0.353. The van der Waals surface area contributed by atoms with Crippen molar-refractivity contribution in [3.8, 4) is 5.75 Å². The summed E-state index contributed by atoms with van der Waals surface area (Å²) in [6.07, 6.45) is 0. The van der Waals surface area contributed by atoms with E-state index in [0.717, 1.165) is 22.1 Å². The van der Waals surface area contributed by atoms with E-state index in [9.17, 15) is 0 Å². The predicted molar refractivity (Wildman–Crippen MR) is 91.0 cm³/mol. The van der Waals surface area contributed by atoms with Crippen molar-refractivity contribution in [3.63, 3.8) is 0 Å². The van der Waals surface area contributed by atoms with E-state index >= 15 is 0 Å². The molecule has 0 amide bonds. The van der Waals surface area contributed by atoms with Crippen molar-refractivity contribution in [2.75, 3.05) is 13.2 Å². The summed E-state index contributed by atoms with van der Waals surface area (Å²) >= 11 is 5.10. The average Bonchev–Trinajstić information content (AvgIpc) is 2.42. The van der Waals surface area contributed by atoms with Crippen LogP contribution in [0.15, 0.2) is 36.4 Å². The highest BCUT2D eigenvalue weighted by Crippen LogP contribution is 2.28. The molecule has 0 saturated heterocycles. The van der Waals surface area contributed by atoms with Crippen molar-refractivity contribution in [2.24, 2.45) is 5.73 Å². The molecule has 0 aliphatic rings. The molecule has 2 aromatic carbocycles. The quantitative estimate of drug-likeness (QED) is 0.676. The van der Waals surface area contributed by atoms with Crippen molar-refractivity contribution in [3.05, 3.63) is 42.0 Å². The molecule has 0 atom stereocenters. The number of benzene rings is 2. The normalized spacial score (nSPS) is 11.6. The number of hydrogen-bond acceptors (Lipinski definition) is 3. The Kier molecular flexibility index (Phi) is 4.80. The Morgan fingerprint density at radius 2 is 1.71 bits per heavy atom. The molecule has 21 heavy (non-hydrogen) atoms. The van der Waals surface area contributed by atoms with E-state index in [1.54, 1.807) is 0 Å². The van der Waals surface area contributed by atoms with Crippen LogP contribution in [0.1, 0.15) is 26.3 Å². The summed E-state index contributed by atoms with van der Waals surface area (Å²) in [5.41, 5.74) is 6.49. The van der Waals surface area contributed by atoms with Crippen LogP contribution >= 0.6 is 12.2 Å². The molecule has 3 nitrogen and oxygen atoms in total. The second kappa shape index (κ2) is 6.41. The topological polar surface area (TPSA) is 44.5 Å². The number of thiocarbonyl (C=S) groups is 1. The van der Waals surface area contributed by atoms with Gasteiger partial charge in [-0.25, -0.2) is 0 Å². The van der Waals surface area contributed by atoms with Gasteiger partial charge >= 0.3 is 0 Å². The van der Waals surface area contributed by atoms with Gasteiger partial charge in [-0.3, -0.25) is 0 Å². The van der Waals surface area contributed by atoms with Gasteiger partial charge in [0, 0.05) is 10.9 Å². The lowest BCUT2D eigenvalue weighted by molar-refractivity contribution is -0.0161. The van der Waals surface area contributed by atoms with Gasteiger partial charge in [-0.05, 0) is 38.3 Å². The SMILES string of the molecule is CC(C)(C)OCCOc1ccc(C(N)=S)c2ccccc12. The van der Waals surface area contributed by atoms with Crippen LogP contribution in [0.4, 0.5) is 0 Å². The third-order valence-corrected chi connectivity index (χ3v) is 3.25. The first-order valence-corrected chi connectivity index (χ1v) is 7.37. The number of fused-ring (bicyclic) bond motifs is 1. The summed E-state index contributed by atoms with van der Waals surface area (Å²) in [4.78, 5) is 0.397. The summed E-state index contributed by atoms with van der Waals surface area (Å²) in [5.74, 6) is 0.822. The minimum Gasteiger partial charge on any atom is -0.491 e. The van der Waals surface area contributed by atoms with E-state index in [2.05, 4.69) is 0 Å². The molecule has 0 bridgehead atoms. The molecule has 4 heteroatoms. The van der Waals surface area contributed by atoms with Gasteiger partial charge in [-0.15, -0.1) is 0 Å². The van der Waals surface area contributed by atoms with Crippen LogP contribution in [0.3, 0.4) is 0 Å². The maximum atomic E-state index is 5.84. The molecule has 0 aliphatic carbocycles. The zero-order valence-electron chi connectivity index (χ0n) is 12.7. The zero-order chi connectivity index (χ0) is 15.5. The molecular formula is C17H21NO2S. The summed E-state index contributed by atoms with van der Waals surface area (Å²) in [6.45, 7) is 7.14. The second-order valence-electron chi connectivity index (χ2n) is 5.83. The molecule has 112 valence electrons. The van der Waals surface area contributed by atoms with Gasteiger partial charge in [0.15, 0.2) is 0 Å². The summed E-state index contributed by atoms with van der Waals surface area (Å²) in [5, 5.41) is 2.03. The van der Waals surface area contributed by atoms with E-state index in [1.165, 1.54) is 0 Å². The van der Waals surface area contributed by atoms with Crippen LogP contribution in [0.5, 0.6) is 5.75 Å². The summed E-state index contributed by atoms with van der Waals surface area (Å²) < 4.78 is 11.5. The lowest BCUT2D eigenvalue weighted by atomic mass is 10.0. The first kappa shape index (κ1) is 15.7. The standard InChI is InChI=1S/C17H21NO2S/c1-17(2,3)20-11-10-19-15-9-8-14(16(18)21)12-6-4-5-7-13(12)15/h4-9H,10-11H2,1-3H3,(H2,18,21). The third kappa shape index (κ3) is 4.16. The second-order valence-corrected chi connectivity index (χ2v) is 6.27. The maximum Gasteiger partial charge on any atom is 0.127 e. The smallest absolute Gasteiger partial charge is 0.127 e. The Bertz CT molecular complexity index is 647. The van der Waals surface area contributed by atoms with Crippen LogP contribution in [0.2, 0.25) is 0 Å². The molecule has 0 saturated carbocycles. The molecule has 0 unspecified atom stereocenters. The Morgan fingerprint density at radius 3 is 2.33 bits per heavy atom. The Labute approximate surface area is 131 Å². The molecule has 0 radical (unpaired) electrons. The van der Waals surface area contributed by atoms with Gasteiger partial charge in [-0.2, -0.15) is 0 Å². The molecule has 0 spiro atoms. The van der Waals surface area contributed by atoms with Crippen molar-refractivity contribution < 1.29 is 9.47 Å².